The standard InChI is InChI=1S/C32H28N2/c1-22-12-18-30(23(2)20-22)33-26-16-13-24(14-17-26)25-15-19-32-29(21-25)28-10-6-7-11-31(28)34(32)27-8-4-3-5-9-27/h3-19,21,23,33H,20H2,1-2H3. The average molecular weight is 441 g/mol. The molecule has 0 fully saturated rings. The molecule has 0 bridgehead atoms. The van der Waals surface area contributed by atoms with Crippen LogP contribution >= 0.6 is 0 Å². The minimum absolute atomic E-state index is 0.522. The van der Waals surface area contributed by atoms with Crippen molar-refractivity contribution in [3.63, 3.8) is 0 Å². The van der Waals surface area contributed by atoms with Gasteiger partial charge in [0.15, 0.2) is 0 Å². The molecule has 166 valence electrons. The van der Waals surface area contributed by atoms with E-state index in [4.69, 9.17) is 0 Å². The van der Waals surface area contributed by atoms with Crippen LogP contribution in [0.2, 0.25) is 0 Å². The van der Waals surface area contributed by atoms with Crippen LogP contribution in [0.25, 0.3) is 38.6 Å². The zero-order valence-corrected chi connectivity index (χ0v) is 19.6. The Balaban J connectivity index is 1.38. The predicted octanol–water partition coefficient (Wildman–Crippen LogP) is 8.73. The summed E-state index contributed by atoms with van der Waals surface area (Å²) >= 11 is 0. The largest absolute Gasteiger partial charge is 0.359 e. The third-order valence-electron chi connectivity index (χ3n) is 6.90. The first-order chi connectivity index (χ1) is 16.7. The first-order valence-electron chi connectivity index (χ1n) is 12.0. The van der Waals surface area contributed by atoms with E-state index >= 15 is 0 Å². The van der Waals surface area contributed by atoms with Crippen molar-refractivity contribution in [3.05, 3.63) is 120 Å². The van der Waals surface area contributed by atoms with E-state index in [0.717, 1.165) is 12.1 Å². The summed E-state index contributed by atoms with van der Waals surface area (Å²) in [5, 5.41) is 6.18. The lowest BCUT2D eigenvalue weighted by Crippen LogP contribution is -2.12. The molecule has 1 unspecified atom stereocenters. The number of para-hydroxylation sites is 2. The fraction of sp³-hybridized carbons (Fsp3) is 0.125. The van der Waals surface area contributed by atoms with E-state index in [2.05, 4.69) is 133 Å². The molecular weight excluding hydrogens is 412 g/mol. The predicted molar refractivity (Wildman–Crippen MR) is 145 cm³/mol. The molecule has 5 aromatic rings. The average Bonchev–Trinajstić information content (AvgIpc) is 3.20. The highest BCUT2D eigenvalue weighted by Crippen LogP contribution is 2.35. The summed E-state index contributed by atoms with van der Waals surface area (Å²) in [5.74, 6) is 0.522. The first-order valence-corrected chi connectivity index (χ1v) is 12.0. The van der Waals surface area contributed by atoms with Crippen molar-refractivity contribution < 1.29 is 0 Å². The van der Waals surface area contributed by atoms with Crippen LogP contribution in [0.3, 0.4) is 0 Å². The molecule has 1 aliphatic rings. The Kier molecular flexibility index (Phi) is 5.07. The maximum absolute atomic E-state index is 3.62. The van der Waals surface area contributed by atoms with Crippen molar-refractivity contribution in [3.8, 4) is 16.8 Å². The number of nitrogens with one attached hydrogen (secondary N) is 1. The maximum Gasteiger partial charge on any atom is 0.0541 e. The second-order valence-corrected chi connectivity index (χ2v) is 9.36. The van der Waals surface area contributed by atoms with Gasteiger partial charge in [-0.3, -0.25) is 0 Å². The summed E-state index contributed by atoms with van der Waals surface area (Å²) in [6.45, 7) is 4.48. The zero-order valence-electron chi connectivity index (χ0n) is 19.6. The molecule has 4 aromatic carbocycles. The lowest BCUT2D eigenvalue weighted by molar-refractivity contribution is 0.666. The van der Waals surface area contributed by atoms with E-state index in [1.54, 1.807) is 0 Å². The van der Waals surface area contributed by atoms with E-state index in [1.165, 1.54) is 49.9 Å². The first kappa shape index (κ1) is 20.6. The van der Waals surface area contributed by atoms with Crippen LogP contribution in [0.1, 0.15) is 20.3 Å². The third kappa shape index (κ3) is 3.62. The van der Waals surface area contributed by atoms with Crippen molar-refractivity contribution >= 4 is 27.5 Å². The van der Waals surface area contributed by atoms with Gasteiger partial charge in [0.1, 0.15) is 0 Å². The van der Waals surface area contributed by atoms with Crippen molar-refractivity contribution in [2.75, 3.05) is 5.32 Å². The summed E-state index contributed by atoms with van der Waals surface area (Å²) in [5.41, 5.74) is 9.98. The summed E-state index contributed by atoms with van der Waals surface area (Å²) < 4.78 is 2.36. The Labute approximate surface area is 200 Å². The smallest absolute Gasteiger partial charge is 0.0541 e. The monoisotopic (exact) mass is 440 g/mol. The molecule has 2 nitrogen and oxygen atoms in total. The molecule has 34 heavy (non-hydrogen) atoms. The van der Waals surface area contributed by atoms with E-state index in [1.807, 2.05) is 0 Å². The van der Waals surface area contributed by atoms with Crippen LogP contribution in [-0.4, -0.2) is 4.57 Å². The lowest BCUT2D eigenvalue weighted by atomic mass is 9.93. The lowest BCUT2D eigenvalue weighted by Gasteiger charge is -2.21. The molecule has 1 atom stereocenters. The number of hydrogen-bond donors (Lipinski definition) is 1. The van der Waals surface area contributed by atoms with Crippen molar-refractivity contribution in [1.29, 1.82) is 0 Å². The molecule has 0 spiro atoms. The van der Waals surface area contributed by atoms with Gasteiger partial charge in [0.25, 0.3) is 0 Å². The molecule has 0 amide bonds. The van der Waals surface area contributed by atoms with E-state index in [-0.39, 0.29) is 0 Å². The van der Waals surface area contributed by atoms with Gasteiger partial charge in [-0.05, 0) is 78.9 Å². The minimum Gasteiger partial charge on any atom is -0.359 e. The Morgan fingerprint density at radius 2 is 1.41 bits per heavy atom. The summed E-state index contributed by atoms with van der Waals surface area (Å²) in [7, 11) is 0. The highest BCUT2D eigenvalue weighted by Gasteiger charge is 2.14. The molecule has 0 saturated heterocycles. The SMILES string of the molecule is CC1=CC=C(Nc2ccc(-c3ccc4c(c3)c3ccccc3n4-c3ccccc3)cc2)C(C)C1. The molecule has 1 heterocycles. The van der Waals surface area contributed by atoms with Crippen molar-refractivity contribution in [1.82, 2.24) is 4.57 Å². The van der Waals surface area contributed by atoms with Crippen molar-refractivity contribution in [2.45, 2.75) is 20.3 Å². The summed E-state index contributed by atoms with van der Waals surface area (Å²) in [6, 6.07) is 34.9. The number of rotatable bonds is 4. The molecule has 0 radical (unpaired) electrons. The molecule has 2 heteroatoms. The molecule has 1 aliphatic carbocycles. The number of hydrogen-bond acceptors (Lipinski definition) is 1. The van der Waals surface area contributed by atoms with Crippen LogP contribution in [0.5, 0.6) is 0 Å². The normalized spacial score (nSPS) is 15.9. The number of benzene rings is 4. The van der Waals surface area contributed by atoms with Gasteiger partial charge in [-0.1, -0.05) is 73.2 Å². The molecule has 0 aliphatic heterocycles. The van der Waals surface area contributed by atoms with Gasteiger partial charge in [-0.15, -0.1) is 0 Å². The van der Waals surface area contributed by atoms with E-state index in [9.17, 15) is 0 Å². The van der Waals surface area contributed by atoms with E-state index in [0.29, 0.717) is 5.92 Å². The second kappa shape index (κ2) is 8.39. The number of fused-ring (bicyclic) bond motifs is 3. The van der Waals surface area contributed by atoms with Crippen molar-refractivity contribution in [2.24, 2.45) is 5.92 Å². The molecular formula is C32H28N2. The summed E-state index contributed by atoms with van der Waals surface area (Å²) in [4.78, 5) is 0. The van der Waals surface area contributed by atoms with Gasteiger partial charge in [-0.2, -0.15) is 0 Å². The Bertz CT molecular complexity index is 1550. The summed E-state index contributed by atoms with van der Waals surface area (Å²) in [6.07, 6.45) is 5.55. The van der Waals surface area contributed by atoms with Crippen LogP contribution < -0.4 is 5.32 Å². The van der Waals surface area contributed by atoms with Crippen LogP contribution in [0.15, 0.2) is 120 Å². The van der Waals surface area contributed by atoms with Crippen LogP contribution in [0, 0.1) is 5.92 Å². The zero-order chi connectivity index (χ0) is 23.1. The van der Waals surface area contributed by atoms with Gasteiger partial charge in [0.2, 0.25) is 0 Å². The molecule has 1 N–H and O–H groups in total. The van der Waals surface area contributed by atoms with Gasteiger partial charge < -0.3 is 9.88 Å². The number of aromatic nitrogens is 1. The number of allylic oxidation sites excluding steroid dienone is 4. The fourth-order valence-electron chi connectivity index (χ4n) is 5.14. The van der Waals surface area contributed by atoms with Gasteiger partial charge >= 0.3 is 0 Å². The highest BCUT2D eigenvalue weighted by atomic mass is 15.0. The molecule has 1 aromatic heterocycles. The second-order valence-electron chi connectivity index (χ2n) is 9.36. The Morgan fingerprint density at radius 1 is 0.706 bits per heavy atom. The van der Waals surface area contributed by atoms with Crippen LogP contribution in [-0.2, 0) is 0 Å². The van der Waals surface area contributed by atoms with Crippen LogP contribution in [0.4, 0.5) is 5.69 Å². The van der Waals surface area contributed by atoms with Gasteiger partial charge in [0.05, 0.1) is 11.0 Å². The quantitative estimate of drug-likeness (QED) is 0.296. The highest BCUT2D eigenvalue weighted by molar-refractivity contribution is 6.10. The topological polar surface area (TPSA) is 17.0 Å². The minimum atomic E-state index is 0.522. The molecule has 0 saturated carbocycles. The maximum atomic E-state index is 3.62. The third-order valence-corrected chi connectivity index (χ3v) is 6.90. The Morgan fingerprint density at radius 3 is 2.21 bits per heavy atom. The van der Waals surface area contributed by atoms with E-state index < -0.39 is 0 Å². The molecule has 6 rings (SSSR count). The van der Waals surface area contributed by atoms with Gasteiger partial charge in [-0.25, -0.2) is 0 Å². The number of nitrogens with zero attached hydrogens (tertiary/aromatic N) is 1. The fourth-order valence-corrected chi connectivity index (χ4v) is 5.14. The number of anilines is 1. The van der Waals surface area contributed by atoms with Gasteiger partial charge in [0, 0.05) is 27.8 Å². The Hall–Kier alpha value is -4.04.